The monoisotopic (exact) mass is 325 g/mol. The van der Waals surface area contributed by atoms with Crippen molar-refractivity contribution in [2.75, 3.05) is 20.7 Å². The van der Waals surface area contributed by atoms with Crippen molar-refractivity contribution in [3.8, 4) is 5.75 Å². The summed E-state index contributed by atoms with van der Waals surface area (Å²) in [6.45, 7) is 5.78. The second-order valence-electron chi connectivity index (χ2n) is 5.84. The lowest BCUT2D eigenvalue weighted by atomic mass is 10.1. The summed E-state index contributed by atoms with van der Waals surface area (Å²) in [5, 5.41) is 6.72. The number of nitrogens with zero attached hydrogens (tertiary/aromatic N) is 1. The highest BCUT2D eigenvalue weighted by Crippen LogP contribution is 2.19. The number of hydrogen-bond acceptors (Lipinski definition) is 2. The largest absolute Gasteiger partial charge is 0.496 e. The molecule has 0 unspecified atom stereocenters. The first-order valence-electron chi connectivity index (χ1n) is 8.26. The lowest BCUT2D eigenvalue weighted by Crippen LogP contribution is -2.38. The fourth-order valence-electron chi connectivity index (χ4n) is 2.63. The van der Waals surface area contributed by atoms with Gasteiger partial charge in [-0.25, -0.2) is 0 Å². The molecule has 0 aliphatic rings. The van der Waals surface area contributed by atoms with E-state index in [0.717, 1.165) is 31.2 Å². The van der Waals surface area contributed by atoms with E-state index in [0.29, 0.717) is 0 Å². The molecule has 0 radical (unpaired) electrons. The topological polar surface area (TPSA) is 45.7 Å². The lowest BCUT2D eigenvalue weighted by Gasteiger charge is -2.14. The molecule has 0 amide bonds. The minimum Gasteiger partial charge on any atom is -0.496 e. The van der Waals surface area contributed by atoms with Gasteiger partial charge in [-0.2, -0.15) is 0 Å². The van der Waals surface area contributed by atoms with Gasteiger partial charge in [0.2, 0.25) is 0 Å². The zero-order valence-corrected chi connectivity index (χ0v) is 15.0. The molecule has 0 spiro atoms. The average Bonchev–Trinajstić information content (AvgIpc) is 2.59. The summed E-state index contributed by atoms with van der Waals surface area (Å²) < 4.78 is 5.43. The molecule has 128 valence electrons. The van der Waals surface area contributed by atoms with Gasteiger partial charge in [-0.3, -0.25) is 4.99 Å². The number of aliphatic imine (C=N–C) groups is 1. The number of ether oxygens (including phenoxy) is 1. The Balaban J connectivity index is 1.86. The van der Waals surface area contributed by atoms with Crippen LogP contribution in [-0.2, 0) is 13.0 Å². The van der Waals surface area contributed by atoms with Crippen molar-refractivity contribution in [2.24, 2.45) is 4.99 Å². The highest BCUT2D eigenvalue weighted by atomic mass is 16.5. The molecule has 0 aliphatic carbocycles. The van der Waals surface area contributed by atoms with E-state index in [9.17, 15) is 0 Å². The van der Waals surface area contributed by atoms with Gasteiger partial charge in [-0.15, -0.1) is 0 Å². The van der Waals surface area contributed by atoms with Gasteiger partial charge in [0.1, 0.15) is 5.75 Å². The third-order valence-electron chi connectivity index (χ3n) is 4.05. The first-order chi connectivity index (χ1) is 11.6. The van der Waals surface area contributed by atoms with E-state index >= 15 is 0 Å². The smallest absolute Gasteiger partial charge is 0.191 e. The van der Waals surface area contributed by atoms with Crippen molar-refractivity contribution < 1.29 is 4.74 Å². The van der Waals surface area contributed by atoms with E-state index < -0.39 is 0 Å². The SMILES string of the molecule is CN=C(NCCc1cc(C)ccc1OC)NCc1ccccc1C. The van der Waals surface area contributed by atoms with Gasteiger partial charge in [0, 0.05) is 20.1 Å². The number of hydrogen-bond donors (Lipinski definition) is 2. The molecular formula is C20H27N3O. The lowest BCUT2D eigenvalue weighted by molar-refractivity contribution is 0.409. The maximum Gasteiger partial charge on any atom is 0.191 e. The van der Waals surface area contributed by atoms with E-state index in [1.54, 1.807) is 14.2 Å². The first-order valence-corrected chi connectivity index (χ1v) is 8.26. The zero-order valence-electron chi connectivity index (χ0n) is 15.0. The van der Waals surface area contributed by atoms with E-state index in [1.807, 2.05) is 6.07 Å². The Morgan fingerprint density at radius 3 is 2.54 bits per heavy atom. The van der Waals surface area contributed by atoms with Gasteiger partial charge in [0.25, 0.3) is 0 Å². The van der Waals surface area contributed by atoms with Gasteiger partial charge in [-0.1, -0.05) is 42.0 Å². The van der Waals surface area contributed by atoms with Crippen LogP contribution in [-0.4, -0.2) is 26.7 Å². The van der Waals surface area contributed by atoms with Crippen molar-refractivity contribution in [1.29, 1.82) is 0 Å². The molecule has 2 aromatic rings. The van der Waals surface area contributed by atoms with E-state index in [4.69, 9.17) is 4.74 Å². The quantitative estimate of drug-likeness (QED) is 0.633. The van der Waals surface area contributed by atoms with E-state index in [1.165, 1.54) is 22.3 Å². The summed E-state index contributed by atoms with van der Waals surface area (Å²) in [6.07, 6.45) is 0.885. The van der Waals surface area contributed by atoms with Crippen molar-refractivity contribution in [3.63, 3.8) is 0 Å². The molecule has 2 rings (SSSR count). The maximum absolute atomic E-state index is 5.43. The second kappa shape index (κ2) is 8.96. The number of methoxy groups -OCH3 is 1. The third-order valence-corrected chi connectivity index (χ3v) is 4.05. The minimum absolute atomic E-state index is 0.764. The Bertz CT molecular complexity index is 695. The summed E-state index contributed by atoms with van der Waals surface area (Å²) in [5.74, 6) is 1.75. The Kier molecular flexibility index (Phi) is 6.67. The number of aryl methyl sites for hydroxylation is 2. The van der Waals surface area contributed by atoms with Crippen LogP contribution < -0.4 is 15.4 Å². The van der Waals surface area contributed by atoms with Gasteiger partial charge < -0.3 is 15.4 Å². The molecule has 24 heavy (non-hydrogen) atoms. The summed E-state index contributed by atoms with van der Waals surface area (Å²) in [6, 6.07) is 14.6. The highest BCUT2D eigenvalue weighted by Gasteiger charge is 2.04. The molecule has 0 bridgehead atoms. The Morgan fingerprint density at radius 1 is 1.04 bits per heavy atom. The molecule has 0 aliphatic heterocycles. The van der Waals surface area contributed by atoms with Crippen LogP contribution in [0, 0.1) is 13.8 Å². The molecule has 4 heteroatoms. The zero-order chi connectivity index (χ0) is 17.4. The standard InChI is InChI=1S/C20H27N3O/c1-15-9-10-19(24-4)17(13-15)11-12-22-20(21-3)23-14-18-8-6-5-7-16(18)2/h5-10,13H,11-12,14H2,1-4H3,(H2,21,22,23). The average molecular weight is 325 g/mol. The molecule has 0 heterocycles. The summed E-state index contributed by atoms with van der Waals surface area (Å²) in [4.78, 5) is 4.29. The maximum atomic E-state index is 5.43. The van der Waals surface area contributed by atoms with Gasteiger partial charge in [-0.05, 0) is 43.0 Å². The molecule has 2 aromatic carbocycles. The van der Waals surface area contributed by atoms with Crippen molar-refractivity contribution in [1.82, 2.24) is 10.6 Å². The van der Waals surface area contributed by atoms with Crippen LogP contribution in [0.1, 0.15) is 22.3 Å². The molecule has 0 aromatic heterocycles. The highest BCUT2D eigenvalue weighted by molar-refractivity contribution is 5.79. The van der Waals surface area contributed by atoms with Crippen molar-refractivity contribution in [2.45, 2.75) is 26.8 Å². The summed E-state index contributed by atoms with van der Waals surface area (Å²) >= 11 is 0. The normalized spacial score (nSPS) is 11.2. The van der Waals surface area contributed by atoms with E-state index in [-0.39, 0.29) is 0 Å². The van der Waals surface area contributed by atoms with E-state index in [2.05, 4.69) is 65.9 Å². The van der Waals surface area contributed by atoms with Crippen LogP contribution in [0.4, 0.5) is 0 Å². The molecule has 0 saturated carbocycles. The van der Waals surface area contributed by atoms with Crippen molar-refractivity contribution >= 4 is 5.96 Å². The number of benzene rings is 2. The fourth-order valence-corrected chi connectivity index (χ4v) is 2.63. The van der Waals surface area contributed by atoms with Crippen LogP contribution in [0.15, 0.2) is 47.5 Å². The number of guanidine groups is 1. The van der Waals surface area contributed by atoms with Crippen LogP contribution in [0.25, 0.3) is 0 Å². The molecular weight excluding hydrogens is 298 g/mol. The predicted molar refractivity (Wildman–Crippen MR) is 101 cm³/mol. The van der Waals surface area contributed by atoms with Gasteiger partial charge in [0.05, 0.1) is 7.11 Å². The van der Waals surface area contributed by atoms with Gasteiger partial charge >= 0.3 is 0 Å². The molecule has 2 N–H and O–H groups in total. The Morgan fingerprint density at radius 2 is 1.83 bits per heavy atom. The summed E-state index contributed by atoms with van der Waals surface area (Å²) in [5.41, 5.74) is 5.01. The van der Waals surface area contributed by atoms with Crippen LogP contribution in [0.5, 0.6) is 5.75 Å². The van der Waals surface area contributed by atoms with Crippen LogP contribution >= 0.6 is 0 Å². The number of rotatable bonds is 6. The molecule has 0 fully saturated rings. The fraction of sp³-hybridized carbons (Fsp3) is 0.350. The molecule has 4 nitrogen and oxygen atoms in total. The predicted octanol–water partition coefficient (Wildman–Crippen LogP) is 3.22. The van der Waals surface area contributed by atoms with Gasteiger partial charge in [0.15, 0.2) is 5.96 Å². The Labute approximate surface area is 145 Å². The van der Waals surface area contributed by atoms with Crippen LogP contribution in [0.2, 0.25) is 0 Å². The third kappa shape index (κ3) is 5.01. The second-order valence-corrected chi connectivity index (χ2v) is 5.84. The Hall–Kier alpha value is -2.49. The van der Waals surface area contributed by atoms with Crippen molar-refractivity contribution in [3.05, 3.63) is 64.7 Å². The first kappa shape index (κ1) is 17.9. The molecule has 0 saturated heterocycles. The van der Waals surface area contributed by atoms with Crippen LogP contribution in [0.3, 0.4) is 0 Å². The minimum atomic E-state index is 0.764. The summed E-state index contributed by atoms with van der Waals surface area (Å²) in [7, 11) is 3.50. The number of nitrogens with one attached hydrogen (secondary N) is 2. The molecule has 0 atom stereocenters.